The highest BCUT2D eigenvalue weighted by molar-refractivity contribution is 7.07. The van der Waals surface area contributed by atoms with Gasteiger partial charge < -0.3 is 10.6 Å². The van der Waals surface area contributed by atoms with Gasteiger partial charge in [0, 0.05) is 23.9 Å². The largest absolute Gasteiger partial charge is 0.330 e. The van der Waals surface area contributed by atoms with E-state index in [1.807, 2.05) is 24.1 Å². The Morgan fingerprint density at radius 2 is 2.38 bits per heavy atom. The normalized spacial score (nSPS) is 26.5. The molecular formula is C11H17N3OS. The van der Waals surface area contributed by atoms with Gasteiger partial charge in [0.2, 0.25) is 5.91 Å². The van der Waals surface area contributed by atoms with Crippen LogP contribution in [0.4, 0.5) is 0 Å². The summed E-state index contributed by atoms with van der Waals surface area (Å²) in [4.78, 5) is 18.1. The van der Waals surface area contributed by atoms with Gasteiger partial charge in [-0.05, 0) is 20.3 Å². The zero-order valence-corrected chi connectivity index (χ0v) is 10.4. The lowest BCUT2D eigenvalue weighted by Crippen LogP contribution is -2.51. The SMILES string of the molecule is CC(C)N1C(=O)CCC(N)C1c1cscn1. The predicted octanol–water partition coefficient (Wildman–Crippen LogP) is 1.54. The zero-order valence-electron chi connectivity index (χ0n) is 9.59. The summed E-state index contributed by atoms with van der Waals surface area (Å²) in [6, 6.07) is 0.125. The number of carbonyl (C=O) groups is 1. The molecule has 1 aliphatic heterocycles. The Kier molecular flexibility index (Phi) is 3.25. The molecule has 2 atom stereocenters. The second kappa shape index (κ2) is 4.51. The molecule has 1 aliphatic rings. The van der Waals surface area contributed by atoms with Gasteiger partial charge in [0.1, 0.15) is 0 Å². The van der Waals surface area contributed by atoms with Gasteiger partial charge in [0.15, 0.2) is 0 Å². The van der Waals surface area contributed by atoms with Gasteiger partial charge in [-0.1, -0.05) is 0 Å². The summed E-state index contributed by atoms with van der Waals surface area (Å²) in [5.74, 6) is 0.190. The zero-order chi connectivity index (χ0) is 11.7. The molecule has 0 spiro atoms. The molecule has 1 amide bonds. The minimum absolute atomic E-state index is 0.00204. The Bertz CT molecular complexity index is 363. The van der Waals surface area contributed by atoms with E-state index in [-0.39, 0.29) is 24.0 Å². The number of likely N-dealkylation sites (tertiary alicyclic amines) is 1. The molecule has 4 nitrogen and oxygen atoms in total. The van der Waals surface area contributed by atoms with Crippen molar-refractivity contribution in [1.29, 1.82) is 0 Å². The van der Waals surface area contributed by atoms with Gasteiger partial charge in [0.25, 0.3) is 0 Å². The van der Waals surface area contributed by atoms with Gasteiger partial charge in [-0.3, -0.25) is 4.79 Å². The van der Waals surface area contributed by atoms with Crippen LogP contribution in [0.25, 0.3) is 0 Å². The Hall–Kier alpha value is -0.940. The first-order chi connectivity index (χ1) is 7.61. The monoisotopic (exact) mass is 239 g/mol. The lowest BCUT2D eigenvalue weighted by Gasteiger charge is -2.41. The second-order valence-corrected chi connectivity index (χ2v) is 5.17. The molecule has 5 heteroatoms. The molecule has 1 aromatic rings. The topological polar surface area (TPSA) is 59.2 Å². The van der Waals surface area contributed by atoms with Crippen LogP contribution in [0.2, 0.25) is 0 Å². The van der Waals surface area contributed by atoms with Crippen LogP contribution < -0.4 is 5.73 Å². The van der Waals surface area contributed by atoms with Gasteiger partial charge in [-0.2, -0.15) is 0 Å². The molecule has 1 aromatic heterocycles. The van der Waals surface area contributed by atoms with Crippen molar-refractivity contribution in [3.63, 3.8) is 0 Å². The Morgan fingerprint density at radius 1 is 1.62 bits per heavy atom. The molecule has 1 saturated heterocycles. The maximum atomic E-state index is 11.9. The predicted molar refractivity (Wildman–Crippen MR) is 64.0 cm³/mol. The van der Waals surface area contributed by atoms with Gasteiger partial charge in [-0.15, -0.1) is 11.3 Å². The molecule has 0 aromatic carbocycles. The van der Waals surface area contributed by atoms with Crippen molar-refractivity contribution in [3.05, 3.63) is 16.6 Å². The van der Waals surface area contributed by atoms with E-state index in [2.05, 4.69) is 4.98 Å². The van der Waals surface area contributed by atoms with Gasteiger partial charge >= 0.3 is 0 Å². The summed E-state index contributed by atoms with van der Waals surface area (Å²) >= 11 is 1.55. The Morgan fingerprint density at radius 3 is 2.94 bits per heavy atom. The highest BCUT2D eigenvalue weighted by atomic mass is 32.1. The van der Waals surface area contributed by atoms with Crippen molar-refractivity contribution >= 4 is 17.2 Å². The third kappa shape index (κ3) is 1.97. The van der Waals surface area contributed by atoms with E-state index >= 15 is 0 Å². The van der Waals surface area contributed by atoms with E-state index < -0.39 is 0 Å². The molecule has 2 rings (SSSR count). The standard InChI is InChI=1S/C11H17N3OS/c1-7(2)14-10(15)4-3-8(12)11(14)9-5-16-6-13-9/h5-8,11H,3-4,12H2,1-2H3. The second-order valence-electron chi connectivity index (χ2n) is 4.46. The number of thiazole rings is 1. The van der Waals surface area contributed by atoms with Crippen molar-refractivity contribution in [2.24, 2.45) is 5.73 Å². The number of carbonyl (C=O) groups excluding carboxylic acids is 1. The van der Waals surface area contributed by atoms with Crippen LogP contribution in [0.5, 0.6) is 0 Å². The molecule has 0 aliphatic carbocycles. The van der Waals surface area contributed by atoms with Crippen molar-refractivity contribution in [3.8, 4) is 0 Å². The van der Waals surface area contributed by atoms with Crippen LogP contribution >= 0.6 is 11.3 Å². The fourth-order valence-electron chi connectivity index (χ4n) is 2.28. The molecule has 0 radical (unpaired) electrons. The number of hydrogen-bond donors (Lipinski definition) is 1. The number of amides is 1. The highest BCUT2D eigenvalue weighted by Gasteiger charge is 2.37. The van der Waals surface area contributed by atoms with Gasteiger partial charge in [-0.25, -0.2) is 4.98 Å². The molecule has 0 saturated carbocycles. The van der Waals surface area contributed by atoms with Crippen LogP contribution in [0, 0.1) is 0 Å². The number of hydrogen-bond acceptors (Lipinski definition) is 4. The van der Waals surface area contributed by atoms with Crippen molar-refractivity contribution in [2.45, 2.75) is 44.8 Å². The van der Waals surface area contributed by atoms with E-state index in [9.17, 15) is 4.79 Å². The summed E-state index contributed by atoms with van der Waals surface area (Å²) in [5.41, 5.74) is 8.85. The first kappa shape index (κ1) is 11.5. The van der Waals surface area contributed by atoms with Crippen molar-refractivity contribution in [1.82, 2.24) is 9.88 Å². The third-order valence-electron chi connectivity index (χ3n) is 3.00. The summed E-state index contributed by atoms with van der Waals surface area (Å²) in [5, 5.41) is 1.98. The minimum atomic E-state index is -0.0486. The smallest absolute Gasteiger partial charge is 0.223 e. The Balaban J connectivity index is 2.32. The lowest BCUT2D eigenvalue weighted by molar-refractivity contribution is -0.139. The summed E-state index contributed by atoms with van der Waals surface area (Å²) in [6.45, 7) is 4.05. The molecule has 88 valence electrons. The van der Waals surface area contributed by atoms with E-state index in [1.165, 1.54) is 0 Å². The Labute approximate surface area is 99.5 Å². The number of aromatic nitrogens is 1. The van der Waals surface area contributed by atoms with Crippen molar-refractivity contribution < 1.29 is 4.79 Å². The van der Waals surface area contributed by atoms with E-state index in [0.29, 0.717) is 6.42 Å². The highest BCUT2D eigenvalue weighted by Crippen LogP contribution is 2.32. The molecule has 2 heterocycles. The summed E-state index contributed by atoms with van der Waals surface area (Å²) in [6.07, 6.45) is 1.31. The van der Waals surface area contributed by atoms with E-state index in [4.69, 9.17) is 5.73 Å². The molecule has 16 heavy (non-hydrogen) atoms. The molecule has 0 bridgehead atoms. The maximum Gasteiger partial charge on any atom is 0.223 e. The fraction of sp³-hybridized carbons (Fsp3) is 0.636. The number of nitrogens with zero attached hydrogens (tertiary/aromatic N) is 2. The fourth-order valence-corrected chi connectivity index (χ4v) is 2.86. The maximum absolute atomic E-state index is 11.9. The molecule has 1 fully saturated rings. The lowest BCUT2D eigenvalue weighted by atomic mass is 9.93. The first-order valence-electron chi connectivity index (χ1n) is 5.56. The minimum Gasteiger partial charge on any atom is -0.330 e. The van der Waals surface area contributed by atoms with Crippen LogP contribution in [-0.2, 0) is 4.79 Å². The first-order valence-corrected chi connectivity index (χ1v) is 6.50. The van der Waals surface area contributed by atoms with Gasteiger partial charge in [0.05, 0.1) is 17.2 Å². The van der Waals surface area contributed by atoms with Crippen LogP contribution in [0.1, 0.15) is 38.4 Å². The molecule has 2 N–H and O–H groups in total. The number of nitrogens with two attached hydrogens (primary N) is 1. The number of rotatable bonds is 2. The summed E-state index contributed by atoms with van der Waals surface area (Å²) < 4.78 is 0. The quantitative estimate of drug-likeness (QED) is 0.851. The molecule has 2 unspecified atom stereocenters. The number of piperidine rings is 1. The van der Waals surface area contributed by atoms with Crippen LogP contribution in [0.15, 0.2) is 10.9 Å². The van der Waals surface area contributed by atoms with Crippen molar-refractivity contribution in [2.75, 3.05) is 0 Å². The van der Waals surface area contributed by atoms with Crippen LogP contribution in [0.3, 0.4) is 0 Å². The third-order valence-corrected chi connectivity index (χ3v) is 3.60. The summed E-state index contributed by atoms with van der Waals surface area (Å²) in [7, 11) is 0. The molecular weight excluding hydrogens is 222 g/mol. The van der Waals surface area contributed by atoms with E-state index in [1.54, 1.807) is 16.8 Å². The average Bonchev–Trinajstić information content (AvgIpc) is 2.73. The average molecular weight is 239 g/mol. The van der Waals surface area contributed by atoms with Crippen LogP contribution in [-0.4, -0.2) is 27.9 Å². The van der Waals surface area contributed by atoms with E-state index in [0.717, 1.165) is 12.1 Å².